The van der Waals surface area contributed by atoms with E-state index in [1.54, 1.807) is 24.3 Å². The Morgan fingerprint density at radius 2 is 2.30 bits per heavy atom. The van der Waals surface area contributed by atoms with Crippen LogP contribution in [0.1, 0.15) is 18.4 Å². The van der Waals surface area contributed by atoms with Crippen LogP contribution in [-0.4, -0.2) is 35.7 Å². The number of hydrogen-bond donors (Lipinski definition) is 2. The molecule has 1 fully saturated rings. The highest BCUT2D eigenvalue weighted by molar-refractivity contribution is 6.30. The molecule has 0 bridgehead atoms. The monoisotopic (exact) mass is 297 g/mol. The van der Waals surface area contributed by atoms with Crippen molar-refractivity contribution in [2.45, 2.75) is 31.4 Å². The van der Waals surface area contributed by atoms with Gasteiger partial charge in [-0.05, 0) is 30.5 Å². The van der Waals surface area contributed by atoms with Gasteiger partial charge >= 0.3 is 5.97 Å². The van der Waals surface area contributed by atoms with E-state index in [9.17, 15) is 14.7 Å². The van der Waals surface area contributed by atoms with E-state index in [1.165, 1.54) is 0 Å². The van der Waals surface area contributed by atoms with E-state index in [0.717, 1.165) is 12.0 Å². The minimum absolute atomic E-state index is 0.189. The van der Waals surface area contributed by atoms with E-state index < -0.39 is 18.1 Å². The summed E-state index contributed by atoms with van der Waals surface area (Å²) in [4.78, 5) is 23.1. The Bertz CT molecular complexity index is 500. The molecule has 6 heteroatoms. The maximum absolute atomic E-state index is 11.9. The van der Waals surface area contributed by atoms with Gasteiger partial charge in [-0.2, -0.15) is 0 Å². The quantitative estimate of drug-likeness (QED) is 0.866. The number of carboxylic acids is 1. The minimum atomic E-state index is -1.07. The lowest BCUT2D eigenvalue weighted by Crippen LogP contribution is -2.46. The summed E-state index contributed by atoms with van der Waals surface area (Å²) in [5.74, 6) is -1.44. The van der Waals surface area contributed by atoms with Crippen LogP contribution >= 0.6 is 11.6 Å². The first-order chi connectivity index (χ1) is 9.56. The number of ether oxygens (including phenoxy) is 1. The fraction of sp³-hybridized carbons (Fsp3) is 0.429. The molecule has 1 heterocycles. The molecule has 1 amide bonds. The zero-order valence-corrected chi connectivity index (χ0v) is 11.6. The predicted molar refractivity (Wildman–Crippen MR) is 73.7 cm³/mol. The highest BCUT2D eigenvalue weighted by atomic mass is 35.5. The Hall–Kier alpha value is -1.59. The van der Waals surface area contributed by atoms with E-state index in [-0.39, 0.29) is 12.3 Å². The van der Waals surface area contributed by atoms with Gasteiger partial charge in [-0.25, -0.2) is 4.79 Å². The summed E-state index contributed by atoms with van der Waals surface area (Å²) in [5.41, 5.74) is 0.762. The smallest absolute Gasteiger partial charge is 0.326 e. The largest absolute Gasteiger partial charge is 0.480 e. The second kappa shape index (κ2) is 6.72. The van der Waals surface area contributed by atoms with Gasteiger partial charge in [-0.15, -0.1) is 0 Å². The van der Waals surface area contributed by atoms with Gasteiger partial charge in [-0.1, -0.05) is 23.7 Å². The van der Waals surface area contributed by atoms with Gasteiger partial charge in [0.1, 0.15) is 12.1 Å². The molecule has 2 rings (SSSR count). The lowest BCUT2D eigenvalue weighted by Gasteiger charge is -2.17. The van der Waals surface area contributed by atoms with Crippen LogP contribution in [0.2, 0.25) is 5.02 Å². The van der Waals surface area contributed by atoms with Crippen molar-refractivity contribution in [1.29, 1.82) is 0 Å². The summed E-state index contributed by atoms with van der Waals surface area (Å²) in [6, 6.07) is 5.95. The van der Waals surface area contributed by atoms with E-state index >= 15 is 0 Å². The Kier molecular flexibility index (Phi) is 4.98. The number of rotatable bonds is 5. The Morgan fingerprint density at radius 1 is 1.50 bits per heavy atom. The number of halogens is 1. The van der Waals surface area contributed by atoms with Crippen LogP contribution in [0.15, 0.2) is 24.3 Å². The number of carbonyl (C=O) groups is 2. The van der Waals surface area contributed by atoms with Gasteiger partial charge < -0.3 is 15.2 Å². The second-order valence-corrected chi connectivity index (χ2v) is 5.17. The maximum Gasteiger partial charge on any atom is 0.326 e. The molecule has 1 aromatic rings. The van der Waals surface area contributed by atoms with Crippen LogP contribution in [-0.2, 0) is 20.7 Å². The van der Waals surface area contributed by atoms with Crippen molar-refractivity contribution < 1.29 is 19.4 Å². The van der Waals surface area contributed by atoms with Crippen molar-refractivity contribution in [3.05, 3.63) is 34.9 Å². The van der Waals surface area contributed by atoms with Crippen LogP contribution in [0, 0.1) is 0 Å². The number of hydrogen-bond acceptors (Lipinski definition) is 3. The van der Waals surface area contributed by atoms with Crippen molar-refractivity contribution in [1.82, 2.24) is 5.32 Å². The van der Waals surface area contributed by atoms with E-state index in [2.05, 4.69) is 5.32 Å². The van der Waals surface area contributed by atoms with Crippen molar-refractivity contribution in [3.8, 4) is 0 Å². The number of amides is 1. The molecular weight excluding hydrogens is 282 g/mol. The number of benzene rings is 1. The van der Waals surface area contributed by atoms with Crippen molar-refractivity contribution in [3.63, 3.8) is 0 Å². The third-order valence-electron chi connectivity index (χ3n) is 3.17. The van der Waals surface area contributed by atoms with E-state index in [4.69, 9.17) is 16.3 Å². The van der Waals surface area contributed by atoms with Gasteiger partial charge in [0.05, 0.1) is 0 Å². The first-order valence-corrected chi connectivity index (χ1v) is 6.83. The fourth-order valence-electron chi connectivity index (χ4n) is 2.15. The number of carbonyl (C=O) groups excluding carboxylic acids is 1. The normalized spacial score (nSPS) is 19.6. The molecule has 1 saturated heterocycles. The molecule has 0 unspecified atom stereocenters. The average molecular weight is 298 g/mol. The second-order valence-electron chi connectivity index (χ2n) is 4.74. The summed E-state index contributed by atoms with van der Waals surface area (Å²) in [6.45, 7) is 0.546. The molecule has 0 aliphatic carbocycles. The number of nitrogens with one attached hydrogen (secondary N) is 1. The first kappa shape index (κ1) is 14.8. The molecule has 108 valence electrons. The minimum Gasteiger partial charge on any atom is -0.480 e. The van der Waals surface area contributed by atoms with Crippen molar-refractivity contribution >= 4 is 23.5 Å². The SMILES string of the molecule is O=C(O)[C@@H](Cc1cccc(Cl)c1)NC(=O)[C@H]1CCCO1. The van der Waals surface area contributed by atoms with Gasteiger partial charge in [0.25, 0.3) is 0 Å². The molecule has 0 radical (unpaired) electrons. The summed E-state index contributed by atoms with van der Waals surface area (Å²) in [6.07, 6.45) is 1.12. The summed E-state index contributed by atoms with van der Waals surface area (Å²) >= 11 is 5.86. The van der Waals surface area contributed by atoms with Gasteiger partial charge in [-0.3, -0.25) is 4.79 Å². The summed E-state index contributed by atoms with van der Waals surface area (Å²) in [7, 11) is 0. The molecule has 1 aliphatic heterocycles. The third-order valence-corrected chi connectivity index (χ3v) is 3.40. The van der Waals surface area contributed by atoms with E-state index in [0.29, 0.717) is 18.1 Å². The molecule has 2 N–H and O–H groups in total. The maximum atomic E-state index is 11.9. The Morgan fingerprint density at radius 3 is 2.90 bits per heavy atom. The zero-order valence-electron chi connectivity index (χ0n) is 10.8. The Balaban J connectivity index is 2.00. The van der Waals surface area contributed by atoms with Gasteiger partial charge in [0, 0.05) is 18.1 Å². The number of aliphatic carboxylic acids is 1. The fourth-order valence-corrected chi connectivity index (χ4v) is 2.36. The topological polar surface area (TPSA) is 75.6 Å². The van der Waals surface area contributed by atoms with Crippen LogP contribution < -0.4 is 5.32 Å². The lowest BCUT2D eigenvalue weighted by atomic mass is 10.1. The van der Waals surface area contributed by atoms with Crippen LogP contribution in [0.4, 0.5) is 0 Å². The van der Waals surface area contributed by atoms with Gasteiger partial charge in [0.15, 0.2) is 0 Å². The molecular formula is C14H16ClNO4. The molecule has 0 saturated carbocycles. The van der Waals surface area contributed by atoms with Crippen molar-refractivity contribution in [2.75, 3.05) is 6.61 Å². The van der Waals surface area contributed by atoms with Crippen LogP contribution in [0.25, 0.3) is 0 Å². The molecule has 1 aromatic carbocycles. The van der Waals surface area contributed by atoms with E-state index in [1.807, 2.05) is 0 Å². The standard InChI is InChI=1S/C14H16ClNO4/c15-10-4-1-3-9(7-10)8-11(14(18)19)16-13(17)12-5-2-6-20-12/h1,3-4,7,11-12H,2,5-6,8H2,(H,16,17)(H,18,19)/t11-,12-/m1/s1. The lowest BCUT2D eigenvalue weighted by molar-refractivity contribution is -0.143. The Labute approximate surface area is 121 Å². The van der Waals surface area contributed by atoms with Gasteiger partial charge in [0.2, 0.25) is 5.91 Å². The molecule has 1 aliphatic rings. The average Bonchev–Trinajstić information content (AvgIpc) is 2.91. The summed E-state index contributed by atoms with van der Waals surface area (Å²) < 4.78 is 5.24. The molecule has 20 heavy (non-hydrogen) atoms. The van der Waals surface area contributed by atoms with Crippen molar-refractivity contribution in [2.24, 2.45) is 0 Å². The molecule has 2 atom stereocenters. The predicted octanol–water partition coefficient (Wildman–Crippen LogP) is 1.63. The molecule has 0 aromatic heterocycles. The molecule has 0 spiro atoms. The number of carboxylic acid groups (broad SMARTS) is 1. The third kappa shape index (κ3) is 3.95. The first-order valence-electron chi connectivity index (χ1n) is 6.45. The van der Waals surface area contributed by atoms with Crippen LogP contribution in [0.3, 0.4) is 0 Å². The zero-order chi connectivity index (χ0) is 14.5. The van der Waals surface area contributed by atoms with Crippen LogP contribution in [0.5, 0.6) is 0 Å². The highest BCUT2D eigenvalue weighted by Gasteiger charge is 2.28. The highest BCUT2D eigenvalue weighted by Crippen LogP contribution is 2.14. The molecule has 5 nitrogen and oxygen atoms in total. The summed E-state index contributed by atoms with van der Waals surface area (Å²) in [5, 5.41) is 12.3.